The highest BCUT2D eigenvalue weighted by atomic mass is 32.2. The van der Waals surface area contributed by atoms with E-state index in [4.69, 9.17) is 4.74 Å². The maximum atomic E-state index is 5.01. The summed E-state index contributed by atoms with van der Waals surface area (Å²) in [5.41, 5.74) is 1.11. The van der Waals surface area contributed by atoms with Crippen molar-refractivity contribution in [1.82, 2.24) is 10.3 Å². The fourth-order valence-corrected chi connectivity index (χ4v) is 2.26. The third kappa shape index (κ3) is 4.12. The van der Waals surface area contributed by atoms with E-state index in [0.717, 1.165) is 24.5 Å². The maximum absolute atomic E-state index is 5.01. The second-order valence-electron chi connectivity index (χ2n) is 3.51. The average molecular weight is 240 g/mol. The molecule has 0 bridgehead atoms. The van der Waals surface area contributed by atoms with Crippen molar-refractivity contribution < 1.29 is 4.74 Å². The van der Waals surface area contributed by atoms with Crippen LogP contribution in [0.1, 0.15) is 25.1 Å². The van der Waals surface area contributed by atoms with E-state index in [0.29, 0.717) is 6.04 Å². The van der Waals surface area contributed by atoms with Gasteiger partial charge in [0.05, 0.1) is 12.3 Å². The number of hydrogen-bond acceptors (Lipinski definition) is 4. The minimum absolute atomic E-state index is 0.359. The summed E-state index contributed by atoms with van der Waals surface area (Å²) in [4.78, 5) is 5.68. The monoisotopic (exact) mass is 240 g/mol. The summed E-state index contributed by atoms with van der Waals surface area (Å²) in [5.74, 6) is 0.973. The first-order valence-electron chi connectivity index (χ1n) is 5.56. The van der Waals surface area contributed by atoms with Crippen molar-refractivity contribution in [2.24, 2.45) is 0 Å². The molecule has 0 spiro atoms. The highest BCUT2D eigenvalue weighted by Crippen LogP contribution is 2.19. The van der Waals surface area contributed by atoms with Gasteiger partial charge >= 0.3 is 0 Å². The van der Waals surface area contributed by atoms with Gasteiger partial charge in [-0.2, -0.15) is 0 Å². The molecule has 0 amide bonds. The molecule has 1 N–H and O–H groups in total. The maximum Gasteiger partial charge on any atom is 0.0573 e. The van der Waals surface area contributed by atoms with Gasteiger partial charge in [-0.05, 0) is 25.6 Å². The molecule has 0 aliphatic heterocycles. The van der Waals surface area contributed by atoms with Gasteiger partial charge in [-0.25, -0.2) is 0 Å². The summed E-state index contributed by atoms with van der Waals surface area (Å²) < 4.78 is 5.01. The number of ether oxygens (including phenoxy) is 1. The molecule has 1 atom stereocenters. The van der Waals surface area contributed by atoms with E-state index in [-0.39, 0.29) is 0 Å². The van der Waals surface area contributed by atoms with Gasteiger partial charge in [-0.3, -0.25) is 4.98 Å². The summed E-state index contributed by atoms with van der Waals surface area (Å²) in [6.45, 7) is 2.94. The largest absolute Gasteiger partial charge is 0.384 e. The van der Waals surface area contributed by atoms with Gasteiger partial charge < -0.3 is 10.1 Å². The molecule has 1 unspecified atom stereocenters. The van der Waals surface area contributed by atoms with E-state index in [2.05, 4.69) is 29.4 Å². The molecular formula is C12H20N2OS. The highest BCUT2D eigenvalue weighted by Gasteiger charge is 2.07. The Bertz CT molecular complexity index is 286. The van der Waals surface area contributed by atoms with Crippen molar-refractivity contribution in [2.75, 3.05) is 26.5 Å². The number of thioether (sulfide) groups is 1. The Morgan fingerprint density at radius 1 is 1.50 bits per heavy atom. The fraction of sp³-hybridized carbons (Fsp3) is 0.583. The van der Waals surface area contributed by atoms with Crippen LogP contribution in [0.15, 0.2) is 23.2 Å². The minimum atomic E-state index is 0.359. The molecule has 0 aliphatic rings. The molecule has 1 aromatic rings. The van der Waals surface area contributed by atoms with Crippen LogP contribution in [0.4, 0.5) is 0 Å². The van der Waals surface area contributed by atoms with E-state index < -0.39 is 0 Å². The Morgan fingerprint density at radius 3 is 2.81 bits per heavy atom. The number of methoxy groups -OCH3 is 1. The Balaban J connectivity index is 2.53. The molecule has 0 radical (unpaired) electrons. The lowest BCUT2D eigenvalue weighted by molar-refractivity contribution is 0.218. The molecule has 90 valence electrons. The number of nitrogens with zero attached hydrogens (tertiary/aromatic N) is 1. The number of hydrogen-bond donors (Lipinski definition) is 1. The minimum Gasteiger partial charge on any atom is -0.384 e. The van der Waals surface area contributed by atoms with Crippen LogP contribution in [0.3, 0.4) is 0 Å². The van der Waals surface area contributed by atoms with Crippen LogP contribution in [-0.2, 0) is 4.74 Å². The standard InChI is InChI=1S/C12H20N2OS/c1-4-11(13-2)12-6-5-10(9-14-12)16-8-7-15-3/h5-6,9,11,13H,4,7-8H2,1-3H3. The second-order valence-corrected chi connectivity index (χ2v) is 4.68. The van der Waals surface area contributed by atoms with E-state index in [1.54, 1.807) is 18.9 Å². The van der Waals surface area contributed by atoms with E-state index in [1.165, 1.54) is 4.90 Å². The first-order valence-corrected chi connectivity index (χ1v) is 6.55. The van der Waals surface area contributed by atoms with Gasteiger partial charge in [0.15, 0.2) is 0 Å². The zero-order chi connectivity index (χ0) is 11.8. The molecule has 0 saturated carbocycles. The molecule has 1 aromatic heterocycles. The van der Waals surface area contributed by atoms with Crippen LogP contribution in [-0.4, -0.2) is 31.5 Å². The summed E-state index contributed by atoms with van der Waals surface area (Å²) in [5, 5.41) is 3.25. The summed E-state index contributed by atoms with van der Waals surface area (Å²) in [6.07, 6.45) is 3.00. The van der Waals surface area contributed by atoms with Gasteiger partial charge in [0, 0.05) is 30.0 Å². The molecule has 0 saturated heterocycles. The lowest BCUT2D eigenvalue weighted by Crippen LogP contribution is -2.16. The predicted molar refractivity (Wildman–Crippen MR) is 68.9 cm³/mol. The lowest BCUT2D eigenvalue weighted by Gasteiger charge is -2.13. The van der Waals surface area contributed by atoms with E-state index in [1.807, 2.05) is 13.2 Å². The molecule has 3 nitrogen and oxygen atoms in total. The smallest absolute Gasteiger partial charge is 0.0573 e. The molecule has 1 rings (SSSR count). The summed E-state index contributed by atoms with van der Waals surface area (Å²) in [6, 6.07) is 4.58. The normalized spacial score (nSPS) is 12.7. The van der Waals surface area contributed by atoms with Crippen molar-refractivity contribution in [3.8, 4) is 0 Å². The summed E-state index contributed by atoms with van der Waals surface area (Å²) >= 11 is 1.77. The Kier molecular flexibility index (Phi) is 6.45. The predicted octanol–water partition coefficient (Wildman–Crippen LogP) is 2.49. The second kappa shape index (κ2) is 7.65. The molecule has 0 fully saturated rings. The molecule has 0 aliphatic carbocycles. The van der Waals surface area contributed by atoms with Gasteiger partial charge in [-0.1, -0.05) is 6.92 Å². The molecule has 4 heteroatoms. The van der Waals surface area contributed by atoms with Gasteiger partial charge in [0.1, 0.15) is 0 Å². The van der Waals surface area contributed by atoms with Gasteiger partial charge in [0.2, 0.25) is 0 Å². The van der Waals surface area contributed by atoms with E-state index in [9.17, 15) is 0 Å². The van der Waals surface area contributed by atoms with Crippen molar-refractivity contribution in [3.05, 3.63) is 24.0 Å². The van der Waals surface area contributed by atoms with E-state index >= 15 is 0 Å². The van der Waals surface area contributed by atoms with Crippen molar-refractivity contribution in [3.63, 3.8) is 0 Å². The third-order valence-electron chi connectivity index (χ3n) is 2.43. The van der Waals surface area contributed by atoms with Crippen LogP contribution in [0.5, 0.6) is 0 Å². The van der Waals surface area contributed by atoms with Gasteiger partial charge in [-0.15, -0.1) is 11.8 Å². The van der Waals surface area contributed by atoms with Crippen LogP contribution in [0, 0.1) is 0 Å². The van der Waals surface area contributed by atoms with Crippen LogP contribution >= 0.6 is 11.8 Å². The molecule has 0 aromatic carbocycles. The number of pyridine rings is 1. The average Bonchev–Trinajstić information content (AvgIpc) is 2.33. The Hall–Kier alpha value is -0.580. The van der Waals surface area contributed by atoms with Crippen LogP contribution in [0.2, 0.25) is 0 Å². The van der Waals surface area contributed by atoms with Crippen molar-refractivity contribution in [1.29, 1.82) is 0 Å². The zero-order valence-electron chi connectivity index (χ0n) is 10.2. The summed E-state index contributed by atoms with van der Waals surface area (Å²) in [7, 11) is 3.69. The van der Waals surface area contributed by atoms with Crippen molar-refractivity contribution >= 4 is 11.8 Å². The highest BCUT2D eigenvalue weighted by molar-refractivity contribution is 7.99. The topological polar surface area (TPSA) is 34.1 Å². The fourth-order valence-electron chi connectivity index (χ4n) is 1.49. The first kappa shape index (κ1) is 13.5. The van der Waals surface area contributed by atoms with Crippen molar-refractivity contribution in [2.45, 2.75) is 24.3 Å². The first-order chi connectivity index (χ1) is 7.81. The third-order valence-corrected chi connectivity index (χ3v) is 3.37. The number of rotatable bonds is 7. The number of nitrogens with one attached hydrogen (secondary N) is 1. The Labute approximate surface area is 102 Å². The van der Waals surface area contributed by atoms with Crippen LogP contribution < -0.4 is 5.32 Å². The Morgan fingerprint density at radius 2 is 2.31 bits per heavy atom. The quantitative estimate of drug-likeness (QED) is 0.586. The van der Waals surface area contributed by atoms with Crippen LogP contribution in [0.25, 0.3) is 0 Å². The molecular weight excluding hydrogens is 220 g/mol. The SMILES string of the molecule is CCC(NC)c1ccc(SCCOC)cn1. The van der Waals surface area contributed by atoms with Gasteiger partial charge in [0.25, 0.3) is 0 Å². The lowest BCUT2D eigenvalue weighted by atomic mass is 10.1. The number of aromatic nitrogens is 1. The zero-order valence-corrected chi connectivity index (χ0v) is 11.0. The molecule has 1 heterocycles. The molecule has 16 heavy (non-hydrogen) atoms.